The molecule has 0 aromatic heterocycles. The molecule has 0 aliphatic rings. The molecule has 1 N–H and O–H groups in total. The Balaban J connectivity index is 0. The summed E-state index contributed by atoms with van der Waals surface area (Å²) >= 11 is 0. The third-order valence-electron chi connectivity index (χ3n) is 0.979. The largest absolute Gasteiger partial charge is 0.478 e. The van der Waals surface area contributed by atoms with Gasteiger partial charge < -0.3 is 9.84 Å². The van der Waals surface area contributed by atoms with Crippen LogP contribution in [-0.4, -0.2) is 17.0 Å². The third-order valence-corrected chi connectivity index (χ3v) is 0.979. The van der Waals surface area contributed by atoms with Crippen LogP contribution in [0.5, 0.6) is 0 Å². The van der Waals surface area contributed by atoms with Crippen molar-refractivity contribution < 1.29 is 19.4 Å². The molecule has 0 heterocycles. The molecule has 4 heteroatoms. The highest BCUT2D eigenvalue weighted by Gasteiger charge is 1.96. The van der Waals surface area contributed by atoms with E-state index >= 15 is 0 Å². The standard InChI is InChI=1S/C5H8O2.C4H6O2/c1-3-4(2)5(6)7;1-3-6-4(2)5/h2-3H2,1H3,(H,6,7);3H,1H2,2H3. The summed E-state index contributed by atoms with van der Waals surface area (Å²) in [6.45, 7) is 9.51. The lowest BCUT2D eigenvalue weighted by molar-refractivity contribution is -0.135. The second-order valence-electron chi connectivity index (χ2n) is 2.04. The maximum atomic E-state index is 9.83. The highest BCUT2D eigenvalue weighted by atomic mass is 16.5. The maximum absolute atomic E-state index is 9.83. The summed E-state index contributed by atoms with van der Waals surface area (Å²) in [4.78, 5) is 19.6. The fourth-order valence-electron chi connectivity index (χ4n) is 0.269. The number of aliphatic carboxylic acids is 1. The minimum absolute atomic E-state index is 0.264. The van der Waals surface area contributed by atoms with Gasteiger partial charge in [0, 0.05) is 12.5 Å². The highest BCUT2D eigenvalue weighted by molar-refractivity contribution is 5.85. The van der Waals surface area contributed by atoms with Gasteiger partial charge in [-0.25, -0.2) is 4.79 Å². The van der Waals surface area contributed by atoms with Crippen LogP contribution in [-0.2, 0) is 14.3 Å². The van der Waals surface area contributed by atoms with Crippen LogP contribution in [0, 0.1) is 0 Å². The van der Waals surface area contributed by atoms with Crippen molar-refractivity contribution in [2.45, 2.75) is 20.3 Å². The van der Waals surface area contributed by atoms with E-state index in [9.17, 15) is 9.59 Å². The van der Waals surface area contributed by atoms with Gasteiger partial charge in [-0.3, -0.25) is 4.79 Å². The van der Waals surface area contributed by atoms with Crippen molar-refractivity contribution >= 4 is 11.9 Å². The lowest BCUT2D eigenvalue weighted by atomic mass is 10.2. The van der Waals surface area contributed by atoms with Gasteiger partial charge in [0.25, 0.3) is 0 Å². The van der Waals surface area contributed by atoms with Crippen molar-refractivity contribution in [1.82, 2.24) is 0 Å². The van der Waals surface area contributed by atoms with Crippen molar-refractivity contribution in [2.24, 2.45) is 0 Å². The van der Waals surface area contributed by atoms with Crippen LogP contribution < -0.4 is 0 Å². The van der Waals surface area contributed by atoms with E-state index in [-0.39, 0.29) is 11.5 Å². The van der Waals surface area contributed by atoms with Gasteiger partial charge in [0.1, 0.15) is 0 Å². The van der Waals surface area contributed by atoms with Crippen LogP contribution in [0.4, 0.5) is 0 Å². The molecule has 0 saturated carbocycles. The number of hydrogen-bond donors (Lipinski definition) is 1. The number of carbonyl (C=O) groups excluding carboxylic acids is 1. The molecular weight excluding hydrogens is 172 g/mol. The van der Waals surface area contributed by atoms with Gasteiger partial charge in [0.05, 0.1) is 6.26 Å². The number of ether oxygens (including phenoxy) is 1. The number of hydrogen-bond acceptors (Lipinski definition) is 3. The van der Waals surface area contributed by atoms with Crippen LogP contribution in [0.2, 0.25) is 0 Å². The van der Waals surface area contributed by atoms with Gasteiger partial charge in [0.15, 0.2) is 0 Å². The molecule has 0 rings (SSSR count). The Morgan fingerprint density at radius 2 is 2.00 bits per heavy atom. The van der Waals surface area contributed by atoms with E-state index in [0.29, 0.717) is 6.42 Å². The molecule has 0 saturated heterocycles. The summed E-state index contributed by atoms with van der Waals surface area (Å²) in [6.07, 6.45) is 1.62. The van der Waals surface area contributed by atoms with E-state index in [1.54, 1.807) is 6.92 Å². The Bertz CT molecular complexity index is 206. The molecule has 0 unspecified atom stereocenters. The van der Waals surface area contributed by atoms with E-state index in [1.807, 2.05) is 0 Å². The second kappa shape index (κ2) is 8.52. The Hall–Kier alpha value is -1.58. The smallest absolute Gasteiger partial charge is 0.330 e. The van der Waals surface area contributed by atoms with Crippen LogP contribution in [0.15, 0.2) is 25.0 Å². The fourth-order valence-corrected chi connectivity index (χ4v) is 0.269. The fraction of sp³-hybridized carbons (Fsp3) is 0.333. The number of carboxylic acid groups (broad SMARTS) is 1. The lowest BCUT2D eigenvalue weighted by Crippen LogP contribution is -1.95. The highest BCUT2D eigenvalue weighted by Crippen LogP contribution is 1.93. The van der Waals surface area contributed by atoms with Gasteiger partial charge in [-0.1, -0.05) is 20.1 Å². The number of carbonyl (C=O) groups is 2. The monoisotopic (exact) mass is 186 g/mol. The number of carboxylic acids is 1. The minimum atomic E-state index is -0.900. The number of rotatable bonds is 3. The van der Waals surface area contributed by atoms with Crippen molar-refractivity contribution in [3.05, 3.63) is 25.0 Å². The molecule has 0 aromatic carbocycles. The van der Waals surface area contributed by atoms with Gasteiger partial charge in [-0.15, -0.1) is 0 Å². The molecule has 0 atom stereocenters. The summed E-state index contributed by atoms with van der Waals surface area (Å²) in [7, 11) is 0. The summed E-state index contributed by atoms with van der Waals surface area (Å²) in [6, 6.07) is 0. The molecule has 13 heavy (non-hydrogen) atoms. The van der Waals surface area contributed by atoms with Crippen molar-refractivity contribution in [1.29, 1.82) is 0 Å². The molecule has 4 nitrogen and oxygen atoms in total. The van der Waals surface area contributed by atoms with Crippen LogP contribution in [0.1, 0.15) is 20.3 Å². The Morgan fingerprint density at radius 1 is 1.54 bits per heavy atom. The van der Waals surface area contributed by atoms with Gasteiger partial charge in [-0.2, -0.15) is 0 Å². The van der Waals surface area contributed by atoms with Gasteiger partial charge in [0.2, 0.25) is 0 Å². The molecule has 0 spiro atoms. The number of esters is 1. The van der Waals surface area contributed by atoms with Crippen LogP contribution in [0.3, 0.4) is 0 Å². The summed E-state index contributed by atoms with van der Waals surface area (Å²) in [5.74, 6) is -1.23. The Labute approximate surface area is 77.5 Å². The van der Waals surface area contributed by atoms with Gasteiger partial charge in [-0.05, 0) is 6.42 Å². The predicted octanol–water partition coefficient (Wildman–Crippen LogP) is 1.73. The molecule has 74 valence electrons. The molecule has 0 fully saturated rings. The first-order valence-electron chi connectivity index (χ1n) is 3.64. The average molecular weight is 186 g/mol. The normalized spacial score (nSPS) is 7.54. The van der Waals surface area contributed by atoms with E-state index in [1.165, 1.54) is 6.92 Å². The molecule has 0 radical (unpaired) electrons. The molecular formula is C9H14O4. The van der Waals surface area contributed by atoms with Gasteiger partial charge >= 0.3 is 11.9 Å². The zero-order chi connectivity index (χ0) is 10.9. The van der Waals surface area contributed by atoms with Crippen LogP contribution >= 0.6 is 0 Å². The lowest BCUT2D eigenvalue weighted by Gasteiger charge is -1.87. The first-order chi connectivity index (χ1) is 5.95. The molecule has 0 aliphatic heterocycles. The van der Waals surface area contributed by atoms with Crippen molar-refractivity contribution in [3.63, 3.8) is 0 Å². The molecule has 0 aliphatic carbocycles. The topological polar surface area (TPSA) is 63.6 Å². The Kier molecular flexibility index (Phi) is 9.15. The molecule has 0 aromatic rings. The predicted molar refractivity (Wildman–Crippen MR) is 49.0 cm³/mol. The van der Waals surface area contributed by atoms with E-state index in [0.717, 1.165) is 6.26 Å². The van der Waals surface area contributed by atoms with Crippen molar-refractivity contribution in [3.8, 4) is 0 Å². The van der Waals surface area contributed by atoms with Crippen molar-refractivity contribution in [2.75, 3.05) is 0 Å². The SMILES string of the molecule is C=C(CC)C(=O)O.C=COC(C)=O. The quantitative estimate of drug-likeness (QED) is 0.414. The van der Waals surface area contributed by atoms with E-state index < -0.39 is 5.97 Å². The van der Waals surface area contributed by atoms with Crippen LogP contribution in [0.25, 0.3) is 0 Å². The Morgan fingerprint density at radius 3 is 2.00 bits per heavy atom. The van der Waals surface area contributed by atoms with E-state index in [2.05, 4.69) is 17.9 Å². The second-order valence-corrected chi connectivity index (χ2v) is 2.04. The zero-order valence-corrected chi connectivity index (χ0v) is 7.87. The first-order valence-corrected chi connectivity index (χ1v) is 3.64. The zero-order valence-electron chi connectivity index (χ0n) is 7.87. The summed E-state index contributed by atoms with van der Waals surface area (Å²) in [5, 5.41) is 8.08. The average Bonchev–Trinajstić information content (AvgIpc) is 2.03. The summed E-state index contributed by atoms with van der Waals surface area (Å²) < 4.78 is 4.17. The first kappa shape index (κ1) is 14.0. The third kappa shape index (κ3) is 13.4. The maximum Gasteiger partial charge on any atom is 0.330 e. The van der Waals surface area contributed by atoms with E-state index in [4.69, 9.17) is 5.11 Å². The summed E-state index contributed by atoms with van der Waals surface area (Å²) in [5.41, 5.74) is 0.264. The molecule has 0 amide bonds. The minimum Gasteiger partial charge on any atom is -0.478 e. The molecule has 0 bridgehead atoms.